The van der Waals surface area contributed by atoms with E-state index in [4.69, 9.17) is 4.74 Å². The zero-order chi connectivity index (χ0) is 13.8. The number of carbonyl (C=O) groups excluding carboxylic acids is 1. The molecule has 0 unspecified atom stereocenters. The number of ether oxygens (including phenoxy) is 1. The third-order valence-electron chi connectivity index (χ3n) is 3.64. The molecule has 1 saturated heterocycles. The van der Waals surface area contributed by atoms with Crippen LogP contribution in [-0.4, -0.2) is 37.6 Å². The lowest BCUT2D eigenvalue weighted by molar-refractivity contribution is 0.0497. The van der Waals surface area contributed by atoms with Crippen LogP contribution in [0.4, 0.5) is 4.39 Å². The largest absolute Gasteiger partial charge is 0.381 e. The van der Waals surface area contributed by atoms with E-state index in [9.17, 15) is 9.18 Å². The van der Waals surface area contributed by atoms with Crippen molar-refractivity contribution in [3.05, 3.63) is 35.1 Å². The third kappa shape index (κ3) is 3.53. The van der Waals surface area contributed by atoms with Crippen molar-refractivity contribution in [3.8, 4) is 0 Å². The average Bonchev–Trinajstić information content (AvgIpc) is 2.39. The Bertz CT molecular complexity index is 455. The van der Waals surface area contributed by atoms with Crippen LogP contribution in [0.3, 0.4) is 0 Å². The molecule has 1 aliphatic rings. The zero-order valence-corrected chi connectivity index (χ0v) is 11.5. The number of hydrogen-bond acceptors (Lipinski definition) is 2. The van der Waals surface area contributed by atoms with Gasteiger partial charge in [0.1, 0.15) is 5.82 Å². The maximum atomic E-state index is 13.0. The zero-order valence-electron chi connectivity index (χ0n) is 11.5. The average molecular weight is 265 g/mol. The molecule has 4 heteroatoms. The number of hydrogen-bond donors (Lipinski definition) is 0. The summed E-state index contributed by atoms with van der Waals surface area (Å²) in [5.74, 6) is 0.161. The van der Waals surface area contributed by atoms with Crippen LogP contribution in [0.2, 0.25) is 0 Å². The van der Waals surface area contributed by atoms with Gasteiger partial charge in [0, 0.05) is 32.4 Å². The Hall–Kier alpha value is -1.42. The van der Waals surface area contributed by atoms with Crippen molar-refractivity contribution in [2.45, 2.75) is 19.8 Å². The summed E-state index contributed by atoms with van der Waals surface area (Å²) in [6.07, 6.45) is 2.00. The highest BCUT2D eigenvalue weighted by Gasteiger charge is 2.20. The molecule has 1 heterocycles. The minimum atomic E-state index is -0.305. The predicted octanol–water partition coefficient (Wildman–Crippen LogP) is 2.63. The smallest absolute Gasteiger partial charge is 0.253 e. The second-order valence-corrected chi connectivity index (χ2v) is 5.20. The van der Waals surface area contributed by atoms with Gasteiger partial charge in [-0.1, -0.05) is 0 Å². The van der Waals surface area contributed by atoms with Crippen LogP contribution in [0.5, 0.6) is 0 Å². The molecular weight excluding hydrogens is 245 g/mol. The van der Waals surface area contributed by atoms with Gasteiger partial charge in [0.2, 0.25) is 0 Å². The minimum absolute atomic E-state index is 0.0380. The highest BCUT2D eigenvalue weighted by atomic mass is 19.1. The van der Waals surface area contributed by atoms with Crippen molar-refractivity contribution in [1.29, 1.82) is 0 Å². The molecule has 0 aliphatic carbocycles. The number of amides is 1. The Morgan fingerprint density at radius 1 is 1.42 bits per heavy atom. The van der Waals surface area contributed by atoms with Crippen LogP contribution in [-0.2, 0) is 4.74 Å². The van der Waals surface area contributed by atoms with E-state index in [-0.39, 0.29) is 11.7 Å². The molecule has 1 amide bonds. The fourth-order valence-electron chi connectivity index (χ4n) is 2.47. The highest BCUT2D eigenvalue weighted by molar-refractivity contribution is 5.95. The van der Waals surface area contributed by atoms with E-state index in [1.165, 1.54) is 12.1 Å². The van der Waals surface area contributed by atoms with E-state index in [1.54, 1.807) is 24.9 Å². The van der Waals surface area contributed by atoms with Gasteiger partial charge in [-0.15, -0.1) is 0 Å². The molecule has 0 atom stereocenters. The standard InChI is InChI=1S/C15H20FNO2/c1-11-9-13(16)3-4-14(11)15(18)17(2)10-12-5-7-19-8-6-12/h3-4,9,12H,5-8,10H2,1-2H3. The monoisotopic (exact) mass is 265 g/mol. The number of benzene rings is 1. The van der Waals surface area contributed by atoms with Crippen LogP contribution in [0.1, 0.15) is 28.8 Å². The molecule has 1 fully saturated rings. The van der Waals surface area contributed by atoms with Gasteiger partial charge in [0.15, 0.2) is 0 Å². The van der Waals surface area contributed by atoms with E-state index in [2.05, 4.69) is 0 Å². The van der Waals surface area contributed by atoms with E-state index in [0.29, 0.717) is 17.0 Å². The quantitative estimate of drug-likeness (QED) is 0.841. The Morgan fingerprint density at radius 2 is 2.11 bits per heavy atom. The fraction of sp³-hybridized carbons (Fsp3) is 0.533. The molecule has 0 N–H and O–H groups in total. The lowest BCUT2D eigenvalue weighted by atomic mass is 9.99. The lowest BCUT2D eigenvalue weighted by Crippen LogP contribution is -2.34. The molecule has 104 valence electrons. The van der Waals surface area contributed by atoms with Crippen molar-refractivity contribution in [3.63, 3.8) is 0 Å². The highest BCUT2D eigenvalue weighted by Crippen LogP contribution is 2.18. The lowest BCUT2D eigenvalue weighted by Gasteiger charge is -2.27. The van der Waals surface area contributed by atoms with Crippen molar-refractivity contribution in [1.82, 2.24) is 4.90 Å². The number of nitrogens with zero attached hydrogens (tertiary/aromatic N) is 1. The van der Waals surface area contributed by atoms with Crippen LogP contribution in [0, 0.1) is 18.7 Å². The van der Waals surface area contributed by atoms with E-state index in [1.807, 2.05) is 0 Å². The maximum Gasteiger partial charge on any atom is 0.253 e. The molecule has 0 radical (unpaired) electrons. The Morgan fingerprint density at radius 3 is 2.74 bits per heavy atom. The van der Waals surface area contributed by atoms with Crippen LogP contribution in [0.15, 0.2) is 18.2 Å². The third-order valence-corrected chi connectivity index (χ3v) is 3.64. The number of rotatable bonds is 3. The topological polar surface area (TPSA) is 29.5 Å². The first-order valence-electron chi connectivity index (χ1n) is 6.67. The Kier molecular flexibility index (Phi) is 4.53. The molecule has 19 heavy (non-hydrogen) atoms. The molecule has 2 rings (SSSR count). The van der Waals surface area contributed by atoms with Gasteiger partial charge >= 0.3 is 0 Å². The predicted molar refractivity (Wildman–Crippen MR) is 71.6 cm³/mol. The number of carbonyl (C=O) groups is 1. The SMILES string of the molecule is Cc1cc(F)ccc1C(=O)N(C)CC1CCOCC1. The van der Waals surface area contributed by atoms with E-state index >= 15 is 0 Å². The van der Waals surface area contributed by atoms with Crippen molar-refractivity contribution < 1.29 is 13.9 Å². The van der Waals surface area contributed by atoms with E-state index < -0.39 is 0 Å². The van der Waals surface area contributed by atoms with Gasteiger partial charge in [-0.2, -0.15) is 0 Å². The number of aryl methyl sites for hydroxylation is 1. The summed E-state index contributed by atoms with van der Waals surface area (Å²) in [5, 5.41) is 0. The summed E-state index contributed by atoms with van der Waals surface area (Å²) in [4.78, 5) is 14.1. The summed E-state index contributed by atoms with van der Waals surface area (Å²) in [5.41, 5.74) is 1.26. The fourth-order valence-corrected chi connectivity index (χ4v) is 2.47. The molecule has 1 aromatic carbocycles. The summed E-state index contributed by atoms with van der Waals surface area (Å²) < 4.78 is 18.4. The first kappa shape index (κ1) is 14.0. The molecular formula is C15H20FNO2. The summed E-state index contributed by atoms with van der Waals surface area (Å²) in [7, 11) is 1.81. The maximum absolute atomic E-state index is 13.0. The molecule has 0 spiro atoms. The van der Waals surface area contributed by atoms with Gasteiger partial charge < -0.3 is 9.64 Å². The van der Waals surface area contributed by atoms with Crippen molar-refractivity contribution in [2.75, 3.05) is 26.8 Å². The molecule has 3 nitrogen and oxygen atoms in total. The summed E-state index contributed by atoms with van der Waals surface area (Å²) in [6.45, 7) is 4.06. The van der Waals surface area contributed by atoms with Gasteiger partial charge in [-0.25, -0.2) is 4.39 Å². The summed E-state index contributed by atoms with van der Waals surface area (Å²) >= 11 is 0. The summed E-state index contributed by atoms with van der Waals surface area (Å²) in [6, 6.07) is 4.30. The van der Waals surface area contributed by atoms with Crippen LogP contribution >= 0.6 is 0 Å². The van der Waals surface area contributed by atoms with Gasteiger partial charge in [-0.05, 0) is 49.4 Å². The first-order valence-corrected chi connectivity index (χ1v) is 6.67. The van der Waals surface area contributed by atoms with Crippen LogP contribution < -0.4 is 0 Å². The number of halogens is 1. The van der Waals surface area contributed by atoms with E-state index in [0.717, 1.165) is 32.6 Å². The molecule has 0 aromatic heterocycles. The second-order valence-electron chi connectivity index (χ2n) is 5.20. The normalized spacial score (nSPS) is 16.4. The van der Waals surface area contributed by atoms with Gasteiger partial charge in [-0.3, -0.25) is 4.79 Å². The molecule has 1 aliphatic heterocycles. The molecule has 0 saturated carbocycles. The van der Waals surface area contributed by atoms with Gasteiger partial charge in [0.25, 0.3) is 5.91 Å². The van der Waals surface area contributed by atoms with Crippen molar-refractivity contribution in [2.24, 2.45) is 5.92 Å². The van der Waals surface area contributed by atoms with Crippen molar-refractivity contribution >= 4 is 5.91 Å². The Balaban J connectivity index is 2.01. The van der Waals surface area contributed by atoms with Gasteiger partial charge in [0.05, 0.1) is 0 Å². The molecule has 1 aromatic rings. The minimum Gasteiger partial charge on any atom is -0.381 e. The Labute approximate surface area is 113 Å². The second kappa shape index (κ2) is 6.15. The first-order chi connectivity index (χ1) is 9.08. The molecule has 0 bridgehead atoms. The van der Waals surface area contributed by atoms with Crippen LogP contribution in [0.25, 0.3) is 0 Å².